The third-order valence-corrected chi connectivity index (χ3v) is 4.15. The molecule has 2 aliphatic carbocycles. The molecule has 2 aromatic rings. The third-order valence-electron chi connectivity index (χ3n) is 4.15. The van der Waals surface area contributed by atoms with Crippen LogP contribution < -0.4 is 5.32 Å². The van der Waals surface area contributed by atoms with Crippen LogP contribution in [0.3, 0.4) is 0 Å². The van der Waals surface area contributed by atoms with E-state index >= 15 is 0 Å². The highest BCUT2D eigenvalue weighted by Gasteiger charge is 2.47. The maximum absolute atomic E-state index is 11.2. The lowest BCUT2D eigenvalue weighted by Gasteiger charge is -2.01. The molecule has 5 heteroatoms. The number of nitrogens with one attached hydrogen (secondary N) is 1. The van der Waals surface area contributed by atoms with Crippen molar-refractivity contribution in [3.05, 3.63) is 59.8 Å². The highest BCUT2D eigenvalue weighted by molar-refractivity contribution is 6.21. The lowest BCUT2D eigenvalue weighted by molar-refractivity contribution is -0.124. The fourth-order valence-corrected chi connectivity index (χ4v) is 2.92. The van der Waals surface area contributed by atoms with Gasteiger partial charge in [0, 0.05) is 16.5 Å². The number of benzene rings is 1. The molecule has 1 saturated carbocycles. The summed E-state index contributed by atoms with van der Waals surface area (Å²) in [6.45, 7) is 4.00. The van der Waals surface area contributed by atoms with E-state index in [0.29, 0.717) is 17.4 Å². The molecule has 1 N–H and O–H groups in total. The Morgan fingerprint density at radius 3 is 2.67 bits per heavy atom. The molecule has 0 radical (unpaired) electrons. The van der Waals surface area contributed by atoms with E-state index in [1.54, 1.807) is 12.3 Å². The Labute approximate surface area is 140 Å². The van der Waals surface area contributed by atoms with Crippen LogP contribution in [0.1, 0.15) is 20.3 Å². The summed E-state index contributed by atoms with van der Waals surface area (Å²) in [4.78, 5) is 22.4. The molecule has 2 atom stereocenters. The van der Waals surface area contributed by atoms with Gasteiger partial charge < -0.3 is 0 Å². The molecule has 3 aliphatic rings. The van der Waals surface area contributed by atoms with Crippen molar-refractivity contribution in [3.8, 4) is 0 Å². The summed E-state index contributed by atoms with van der Waals surface area (Å²) in [5.74, 6) is 0.472. The highest BCUT2D eigenvalue weighted by atomic mass is 16.2. The van der Waals surface area contributed by atoms with E-state index in [2.05, 4.69) is 15.5 Å². The van der Waals surface area contributed by atoms with Crippen molar-refractivity contribution in [1.29, 1.82) is 0 Å². The van der Waals surface area contributed by atoms with Crippen molar-refractivity contribution < 1.29 is 9.59 Å². The Morgan fingerprint density at radius 2 is 1.88 bits per heavy atom. The molecule has 0 bridgehead atoms. The van der Waals surface area contributed by atoms with E-state index in [4.69, 9.17) is 0 Å². The lowest BCUT2D eigenvalue weighted by atomic mass is 9.99. The number of rotatable bonds is 0. The Hall–Kier alpha value is -2.82. The molecular formula is C19H19N3O2. The van der Waals surface area contributed by atoms with Gasteiger partial charge in [0.2, 0.25) is 0 Å². The topological polar surface area (TPSA) is 72.0 Å². The number of imide groups is 1. The van der Waals surface area contributed by atoms with Crippen molar-refractivity contribution in [2.75, 3.05) is 0 Å². The number of carbonyl (C=O) groups is 2. The number of hydrogen-bond acceptors (Lipinski definition) is 4. The predicted molar refractivity (Wildman–Crippen MR) is 91.8 cm³/mol. The van der Waals surface area contributed by atoms with Gasteiger partial charge in [-0.15, -0.1) is 0 Å². The summed E-state index contributed by atoms with van der Waals surface area (Å²) in [6.07, 6.45) is 6.55. The molecule has 5 rings (SSSR count). The smallest absolute Gasteiger partial charge is 0.258 e. The first-order valence-electron chi connectivity index (χ1n) is 8.18. The van der Waals surface area contributed by atoms with Gasteiger partial charge in [-0.1, -0.05) is 44.2 Å². The summed E-state index contributed by atoms with van der Waals surface area (Å²) in [5, 5.41) is 11.1. The van der Waals surface area contributed by atoms with Crippen LogP contribution in [0.5, 0.6) is 0 Å². The lowest BCUT2D eigenvalue weighted by Crippen LogP contribution is -2.23. The summed E-state index contributed by atoms with van der Waals surface area (Å²) in [7, 11) is 0. The predicted octanol–water partition coefficient (Wildman–Crippen LogP) is 2.80. The number of allylic oxidation sites excluding steroid dienone is 1. The van der Waals surface area contributed by atoms with Gasteiger partial charge in [-0.05, 0) is 30.4 Å². The number of fused-ring (bicyclic) bond motifs is 3. The fraction of sp³-hybridized carbons (Fsp3) is 0.263. The summed E-state index contributed by atoms with van der Waals surface area (Å²) in [6, 6.07) is 9.86. The number of hydrogen-bond donors (Lipinski definition) is 1. The maximum Gasteiger partial charge on any atom is 0.258 e. The molecular weight excluding hydrogens is 302 g/mol. The molecule has 1 fully saturated rings. The standard InChI is InChI=1S/C9H7NO2.C8H6N2.C2H6/c11-8-5-2-1-4-3-6(4)7(5)9(12)10-8;1-2-4-8-7(3-1)5-6-9-10-8;1-2/h1-2,4,6H,3H2,(H,10,11,12);1-6H;1-2H3. The minimum atomic E-state index is -0.225. The van der Waals surface area contributed by atoms with Crippen LogP contribution in [0.2, 0.25) is 0 Å². The number of aromatic nitrogens is 2. The third kappa shape index (κ3) is 2.97. The molecule has 1 aliphatic heterocycles. The first-order valence-corrected chi connectivity index (χ1v) is 8.18. The van der Waals surface area contributed by atoms with Crippen molar-refractivity contribution in [1.82, 2.24) is 15.5 Å². The van der Waals surface area contributed by atoms with E-state index in [1.807, 2.05) is 50.3 Å². The van der Waals surface area contributed by atoms with Crippen molar-refractivity contribution in [2.45, 2.75) is 20.3 Å². The summed E-state index contributed by atoms with van der Waals surface area (Å²) < 4.78 is 0. The van der Waals surface area contributed by atoms with E-state index in [-0.39, 0.29) is 11.8 Å². The molecule has 0 saturated heterocycles. The largest absolute Gasteiger partial charge is 0.288 e. The van der Waals surface area contributed by atoms with Crippen LogP contribution in [-0.2, 0) is 9.59 Å². The first-order chi connectivity index (χ1) is 11.7. The van der Waals surface area contributed by atoms with E-state index < -0.39 is 0 Å². The quantitative estimate of drug-likeness (QED) is 0.757. The highest BCUT2D eigenvalue weighted by Crippen LogP contribution is 2.50. The van der Waals surface area contributed by atoms with Crippen LogP contribution in [0, 0.1) is 11.8 Å². The summed E-state index contributed by atoms with van der Waals surface area (Å²) in [5.41, 5.74) is 2.27. The number of carbonyl (C=O) groups excluding carboxylic acids is 2. The fourth-order valence-electron chi connectivity index (χ4n) is 2.92. The zero-order valence-corrected chi connectivity index (χ0v) is 13.7. The average molecular weight is 321 g/mol. The molecule has 24 heavy (non-hydrogen) atoms. The van der Waals surface area contributed by atoms with Crippen LogP contribution in [0.4, 0.5) is 0 Å². The van der Waals surface area contributed by atoms with Crippen LogP contribution >= 0.6 is 0 Å². The molecule has 122 valence electrons. The van der Waals surface area contributed by atoms with Gasteiger partial charge in [0.1, 0.15) is 0 Å². The van der Waals surface area contributed by atoms with Crippen molar-refractivity contribution in [3.63, 3.8) is 0 Å². The minimum absolute atomic E-state index is 0.174. The van der Waals surface area contributed by atoms with Gasteiger partial charge in [0.05, 0.1) is 11.7 Å². The molecule has 2 unspecified atom stereocenters. The molecule has 5 nitrogen and oxygen atoms in total. The number of nitrogens with zero attached hydrogens (tertiary/aromatic N) is 2. The van der Waals surface area contributed by atoms with Crippen molar-refractivity contribution >= 4 is 22.7 Å². The average Bonchev–Trinajstić information content (AvgIpc) is 3.37. The molecule has 1 aromatic heterocycles. The minimum Gasteiger partial charge on any atom is -0.288 e. The van der Waals surface area contributed by atoms with Gasteiger partial charge in [-0.25, -0.2) is 0 Å². The summed E-state index contributed by atoms with van der Waals surface area (Å²) >= 11 is 0. The first kappa shape index (κ1) is 16.1. The second-order valence-corrected chi connectivity index (χ2v) is 5.57. The SMILES string of the molecule is CC.O=C1NC(=O)C2=C1C=CC1CC21.c1ccc2nnccc2c1. The van der Waals surface area contributed by atoms with E-state index in [0.717, 1.165) is 22.9 Å². The Kier molecular flexibility index (Phi) is 4.51. The normalized spacial score (nSPS) is 22.6. The molecule has 1 aromatic carbocycles. The van der Waals surface area contributed by atoms with Crippen LogP contribution in [-0.4, -0.2) is 22.0 Å². The monoisotopic (exact) mass is 321 g/mol. The zero-order valence-electron chi connectivity index (χ0n) is 13.7. The molecule has 2 amide bonds. The van der Waals surface area contributed by atoms with Gasteiger partial charge >= 0.3 is 0 Å². The van der Waals surface area contributed by atoms with Crippen LogP contribution in [0.25, 0.3) is 10.9 Å². The second-order valence-electron chi connectivity index (χ2n) is 5.57. The van der Waals surface area contributed by atoms with Crippen LogP contribution in [0.15, 0.2) is 59.8 Å². The maximum atomic E-state index is 11.2. The zero-order chi connectivity index (χ0) is 17.1. The van der Waals surface area contributed by atoms with Crippen molar-refractivity contribution in [2.24, 2.45) is 11.8 Å². The Balaban J connectivity index is 0.000000130. The number of amides is 2. The van der Waals surface area contributed by atoms with Gasteiger partial charge in [0.15, 0.2) is 0 Å². The Bertz CT molecular complexity index is 789. The second kappa shape index (κ2) is 6.74. The van der Waals surface area contributed by atoms with E-state index in [9.17, 15) is 9.59 Å². The molecule has 0 spiro atoms. The van der Waals surface area contributed by atoms with Gasteiger partial charge in [-0.2, -0.15) is 10.2 Å². The van der Waals surface area contributed by atoms with E-state index in [1.165, 1.54) is 0 Å². The van der Waals surface area contributed by atoms with Gasteiger partial charge in [0.25, 0.3) is 11.8 Å². The van der Waals surface area contributed by atoms with Gasteiger partial charge in [-0.3, -0.25) is 14.9 Å². The Morgan fingerprint density at radius 1 is 1.08 bits per heavy atom. The molecule has 2 heterocycles.